The highest BCUT2D eigenvalue weighted by molar-refractivity contribution is 7.89. The molecule has 26 heavy (non-hydrogen) atoms. The van der Waals surface area contributed by atoms with Gasteiger partial charge in [0.05, 0.1) is 23.7 Å². The molecule has 0 atom stereocenters. The Morgan fingerprint density at radius 1 is 1.12 bits per heavy atom. The average Bonchev–Trinajstić information content (AvgIpc) is 2.67. The van der Waals surface area contributed by atoms with Gasteiger partial charge in [0.15, 0.2) is 0 Å². The van der Waals surface area contributed by atoms with Crippen LogP contribution in [-0.4, -0.2) is 44.9 Å². The predicted octanol–water partition coefficient (Wildman–Crippen LogP) is 1.42. The minimum atomic E-state index is -3.68. The van der Waals surface area contributed by atoms with Crippen LogP contribution in [0.2, 0.25) is 0 Å². The van der Waals surface area contributed by atoms with E-state index >= 15 is 0 Å². The number of benzene rings is 2. The van der Waals surface area contributed by atoms with Crippen LogP contribution in [0.25, 0.3) is 0 Å². The van der Waals surface area contributed by atoms with Gasteiger partial charge in [-0.3, -0.25) is 4.79 Å². The summed E-state index contributed by atoms with van der Waals surface area (Å²) in [7, 11) is -3.68. The number of primary amides is 1. The molecule has 1 aliphatic heterocycles. The molecule has 3 rings (SSSR count). The highest BCUT2D eigenvalue weighted by Gasteiger charge is 2.27. The van der Waals surface area contributed by atoms with Crippen molar-refractivity contribution < 1.29 is 17.9 Å². The number of nitrogens with zero attached hydrogens (tertiary/aromatic N) is 1. The van der Waals surface area contributed by atoms with Crippen molar-refractivity contribution in [2.45, 2.75) is 11.4 Å². The van der Waals surface area contributed by atoms with Crippen LogP contribution in [-0.2, 0) is 21.3 Å². The number of carbonyl (C=O) groups is 1. The van der Waals surface area contributed by atoms with Gasteiger partial charge in [0.2, 0.25) is 10.0 Å². The van der Waals surface area contributed by atoms with E-state index in [2.05, 4.69) is 5.32 Å². The second-order valence-corrected chi connectivity index (χ2v) is 7.87. The zero-order valence-corrected chi connectivity index (χ0v) is 15.0. The summed E-state index contributed by atoms with van der Waals surface area (Å²) in [5.41, 5.74) is 7.15. The first-order valence-electron chi connectivity index (χ1n) is 8.28. The topological polar surface area (TPSA) is 102 Å². The van der Waals surface area contributed by atoms with Crippen molar-refractivity contribution in [1.29, 1.82) is 0 Å². The third-order valence-corrected chi connectivity index (χ3v) is 6.08. The molecule has 2 aromatic rings. The normalized spacial score (nSPS) is 15.5. The Labute approximate surface area is 152 Å². The van der Waals surface area contributed by atoms with E-state index in [1.165, 1.54) is 16.4 Å². The van der Waals surface area contributed by atoms with Crippen molar-refractivity contribution in [2.24, 2.45) is 5.73 Å². The van der Waals surface area contributed by atoms with Crippen LogP contribution in [0.3, 0.4) is 0 Å². The first-order chi connectivity index (χ1) is 12.5. The number of nitrogens with one attached hydrogen (secondary N) is 1. The zero-order chi connectivity index (χ0) is 18.6. The largest absolute Gasteiger partial charge is 0.380 e. The molecule has 3 N–H and O–H groups in total. The molecule has 0 aromatic heterocycles. The predicted molar refractivity (Wildman–Crippen MR) is 98.3 cm³/mol. The fourth-order valence-electron chi connectivity index (χ4n) is 2.77. The Hall–Kier alpha value is -2.42. The fraction of sp³-hybridized carbons (Fsp3) is 0.278. The Bertz CT molecular complexity index is 879. The van der Waals surface area contributed by atoms with E-state index in [9.17, 15) is 13.2 Å². The molecular weight excluding hydrogens is 354 g/mol. The van der Waals surface area contributed by atoms with E-state index in [4.69, 9.17) is 10.5 Å². The summed E-state index contributed by atoms with van der Waals surface area (Å²) in [6.45, 7) is 1.80. The van der Waals surface area contributed by atoms with Gasteiger partial charge in [0, 0.05) is 25.3 Å². The molecule has 0 saturated carbocycles. The number of nitrogens with two attached hydrogens (primary N) is 1. The van der Waals surface area contributed by atoms with Gasteiger partial charge in [0.1, 0.15) is 0 Å². The average molecular weight is 375 g/mol. The monoisotopic (exact) mass is 375 g/mol. The van der Waals surface area contributed by atoms with E-state index in [1.807, 2.05) is 30.3 Å². The maximum atomic E-state index is 12.8. The Kier molecular flexibility index (Phi) is 5.55. The van der Waals surface area contributed by atoms with Crippen LogP contribution in [0, 0.1) is 0 Å². The van der Waals surface area contributed by atoms with E-state index in [0.29, 0.717) is 38.5 Å². The number of hydrogen-bond acceptors (Lipinski definition) is 5. The number of ether oxygens (including phenoxy) is 1. The van der Waals surface area contributed by atoms with Crippen molar-refractivity contribution in [3.05, 3.63) is 59.7 Å². The number of rotatable bonds is 6. The van der Waals surface area contributed by atoms with Crippen LogP contribution in [0.5, 0.6) is 0 Å². The quantitative estimate of drug-likeness (QED) is 0.795. The lowest BCUT2D eigenvalue weighted by Crippen LogP contribution is -2.40. The Morgan fingerprint density at radius 3 is 2.46 bits per heavy atom. The Morgan fingerprint density at radius 2 is 1.81 bits per heavy atom. The van der Waals surface area contributed by atoms with Crippen molar-refractivity contribution in [1.82, 2.24) is 4.31 Å². The van der Waals surface area contributed by atoms with E-state index < -0.39 is 15.9 Å². The van der Waals surface area contributed by atoms with Crippen LogP contribution in [0.15, 0.2) is 53.4 Å². The maximum absolute atomic E-state index is 12.8. The molecule has 0 aliphatic carbocycles. The number of anilines is 1. The summed E-state index contributed by atoms with van der Waals surface area (Å²) in [4.78, 5) is 11.9. The van der Waals surface area contributed by atoms with E-state index in [0.717, 1.165) is 5.56 Å². The molecule has 8 heteroatoms. The summed E-state index contributed by atoms with van der Waals surface area (Å²) in [6.07, 6.45) is 0. The van der Waals surface area contributed by atoms with E-state index in [-0.39, 0.29) is 10.5 Å². The summed E-state index contributed by atoms with van der Waals surface area (Å²) in [5, 5.41) is 3.14. The number of hydrogen-bond donors (Lipinski definition) is 2. The SMILES string of the molecule is NC(=O)c1cc(S(=O)(=O)N2CCOCC2)ccc1NCc1ccccc1. The molecule has 1 amide bonds. The molecule has 0 radical (unpaired) electrons. The Balaban J connectivity index is 1.85. The summed E-state index contributed by atoms with van der Waals surface area (Å²) in [6, 6.07) is 14.1. The third kappa shape index (κ3) is 4.04. The highest BCUT2D eigenvalue weighted by atomic mass is 32.2. The zero-order valence-electron chi connectivity index (χ0n) is 14.2. The lowest BCUT2D eigenvalue weighted by Gasteiger charge is -2.26. The van der Waals surface area contributed by atoms with Crippen LogP contribution >= 0.6 is 0 Å². The molecule has 1 heterocycles. The van der Waals surface area contributed by atoms with Gasteiger partial charge in [-0.1, -0.05) is 30.3 Å². The van der Waals surface area contributed by atoms with Crippen LogP contribution in [0.1, 0.15) is 15.9 Å². The van der Waals surface area contributed by atoms with Crippen molar-refractivity contribution in [2.75, 3.05) is 31.6 Å². The minimum Gasteiger partial charge on any atom is -0.380 e. The van der Waals surface area contributed by atoms with Crippen LogP contribution < -0.4 is 11.1 Å². The molecule has 2 aromatic carbocycles. The second kappa shape index (κ2) is 7.86. The molecule has 0 bridgehead atoms. The van der Waals surface area contributed by atoms with Gasteiger partial charge < -0.3 is 15.8 Å². The first kappa shape index (κ1) is 18.4. The molecule has 1 aliphatic rings. The lowest BCUT2D eigenvalue weighted by atomic mass is 10.1. The minimum absolute atomic E-state index is 0.0541. The molecule has 0 unspecified atom stereocenters. The fourth-order valence-corrected chi connectivity index (χ4v) is 4.21. The molecule has 1 fully saturated rings. The molecular formula is C18H21N3O4S. The van der Waals surface area contributed by atoms with E-state index in [1.54, 1.807) is 6.07 Å². The molecule has 1 saturated heterocycles. The number of morpholine rings is 1. The molecule has 7 nitrogen and oxygen atoms in total. The van der Waals surface area contributed by atoms with Crippen molar-refractivity contribution in [3.8, 4) is 0 Å². The van der Waals surface area contributed by atoms with Gasteiger partial charge in [-0.15, -0.1) is 0 Å². The summed E-state index contributed by atoms with van der Waals surface area (Å²) in [5.74, 6) is -0.681. The first-order valence-corrected chi connectivity index (χ1v) is 9.72. The number of amides is 1. The lowest BCUT2D eigenvalue weighted by molar-refractivity contribution is 0.0730. The van der Waals surface area contributed by atoms with Crippen LogP contribution in [0.4, 0.5) is 5.69 Å². The van der Waals surface area contributed by atoms with Gasteiger partial charge in [0.25, 0.3) is 5.91 Å². The van der Waals surface area contributed by atoms with Gasteiger partial charge >= 0.3 is 0 Å². The second-order valence-electron chi connectivity index (χ2n) is 5.93. The van der Waals surface area contributed by atoms with Gasteiger partial charge in [-0.25, -0.2) is 8.42 Å². The van der Waals surface area contributed by atoms with Crippen molar-refractivity contribution >= 4 is 21.6 Å². The summed E-state index contributed by atoms with van der Waals surface area (Å²) >= 11 is 0. The van der Waals surface area contributed by atoms with Crippen molar-refractivity contribution in [3.63, 3.8) is 0 Å². The standard InChI is InChI=1S/C18H21N3O4S/c19-18(22)16-12-15(26(23,24)21-8-10-25-11-9-21)6-7-17(16)20-13-14-4-2-1-3-5-14/h1-7,12,20H,8-11,13H2,(H2,19,22). The number of carbonyl (C=O) groups excluding carboxylic acids is 1. The summed E-state index contributed by atoms with van der Waals surface area (Å²) < 4.78 is 32.1. The molecule has 0 spiro atoms. The maximum Gasteiger partial charge on any atom is 0.250 e. The van der Waals surface area contributed by atoms with Gasteiger partial charge in [-0.05, 0) is 23.8 Å². The number of sulfonamides is 1. The molecule has 138 valence electrons. The highest BCUT2D eigenvalue weighted by Crippen LogP contribution is 2.24. The third-order valence-electron chi connectivity index (χ3n) is 4.19. The van der Waals surface area contributed by atoms with Gasteiger partial charge in [-0.2, -0.15) is 4.31 Å². The smallest absolute Gasteiger partial charge is 0.250 e.